The summed E-state index contributed by atoms with van der Waals surface area (Å²) in [5.74, 6) is 0.738. The average molecular weight is 397 g/mol. The fourth-order valence-corrected chi connectivity index (χ4v) is 3.26. The van der Waals surface area contributed by atoms with Crippen LogP contribution in [0, 0.1) is 0 Å². The Morgan fingerprint density at radius 2 is 1.85 bits per heavy atom. The Morgan fingerprint density at radius 1 is 1.19 bits per heavy atom. The molecule has 2 atom stereocenters. The lowest BCUT2D eigenvalue weighted by Gasteiger charge is -2.28. The number of rotatable bonds is 11. The molecule has 2 N–H and O–H groups in total. The predicted molar refractivity (Wildman–Crippen MR) is 111 cm³/mol. The number of hydrogen-bond donors (Lipinski definition) is 2. The first-order valence-corrected chi connectivity index (χ1v) is 10.4. The third-order valence-corrected chi connectivity index (χ3v) is 4.97. The summed E-state index contributed by atoms with van der Waals surface area (Å²) in [6.07, 6.45) is 3.19. The van der Waals surface area contributed by atoms with Gasteiger partial charge in [-0.25, -0.2) is 0 Å². The van der Waals surface area contributed by atoms with E-state index >= 15 is 0 Å². The highest BCUT2D eigenvalue weighted by Crippen LogP contribution is 2.18. The summed E-state index contributed by atoms with van der Waals surface area (Å²) < 4.78 is 10.7. The van der Waals surface area contributed by atoms with Crippen LogP contribution in [0.5, 0.6) is 5.75 Å². The lowest BCUT2D eigenvalue weighted by Crippen LogP contribution is -2.50. The van der Waals surface area contributed by atoms with Gasteiger partial charge in [0.15, 0.2) is 0 Å². The quantitative estimate of drug-likeness (QED) is 0.601. The zero-order chi connectivity index (χ0) is 20.4. The average Bonchev–Trinajstić information content (AvgIpc) is 2.64. The lowest BCUT2D eigenvalue weighted by atomic mass is 9.99. The van der Waals surface area contributed by atoms with Gasteiger partial charge in [-0.2, -0.15) is 11.8 Å². The van der Waals surface area contributed by atoms with E-state index in [2.05, 4.69) is 10.6 Å². The van der Waals surface area contributed by atoms with Crippen molar-refractivity contribution in [1.82, 2.24) is 10.6 Å². The topological polar surface area (TPSA) is 76.7 Å². The molecule has 2 amide bonds. The minimum atomic E-state index is -0.608. The van der Waals surface area contributed by atoms with Gasteiger partial charge in [-0.1, -0.05) is 12.1 Å². The van der Waals surface area contributed by atoms with Crippen LogP contribution in [0.15, 0.2) is 24.3 Å². The second-order valence-corrected chi connectivity index (χ2v) is 8.07. The van der Waals surface area contributed by atoms with Crippen molar-refractivity contribution in [2.45, 2.75) is 51.3 Å². The fourth-order valence-electron chi connectivity index (χ4n) is 2.79. The molecule has 0 unspecified atom stereocenters. The maximum Gasteiger partial charge on any atom is 0.255 e. The van der Waals surface area contributed by atoms with Crippen LogP contribution in [0.1, 0.15) is 44.0 Å². The fraction of sp³-hybridized carbons (Fsp3) is 0.600. The van der Waals surface area contributed by atoms with Gasteiger partial charge in [-0.15, -0.1) is 0 Å². The number of methoxy groups -OCH3 is 2. The van der Waals surface area contributed by atoms with Crippen LogP contribution in [0.4, 0.5) is 0 Å². The van der Waals surface area contributed by atoms with Gasteiger partial charge in [0.05, 0.1) is 18.3 Å². The summed E-state index contributed by atoms with van der Waals surface area (Å²) in [5, 5.41) is 5.84. The summed E-state index contributed by atoms with van der Waals surface area (Å²) in [4.78, 5) is 25.4. The third kappa shape index (κ3) is 7.81. The third-order valence-electron chi connectivity index (χ3n) is 4.32. The number of hydrogen-bond acceptors (Lipinski definition) is 5. The molecular formula is C20H32N2O4S. The van der Waals surface area contributed by atoms with Gasteiger partial charge in [-0.3, -0.25) is 9.59 Å². The number of ether oxygens (including phenoxy) is 2. The molecule has 0 aliphatic heterocycles. The zero-order valence-electron chi connectivity index (χ0n) is 17.1. The molecule has 0 aromatic heterocycles. The summed E-state index contributed by atoms with van der Waals surface area (Å²) in [6.45, 7) is 5.89. The first-order chi connectivity index (χ1) is 12.7. The van der Waals surface area contributed by atoms with Crippen molar-refractivity contribution in [2.24, 2.45) is 0 Å². The number of amides is 2. The van der Waals surface area contributed by atoms with E-state index in [9.17, 15) is 9.59 Å². The SMILES string of the molecule is COc1ccccc1C(=O)N[C@H](CCSC)C(=O)N[C@H](C)CC(C)(C)OC. The highest BCUT2D eigenvalue weighted by atomic mass is 32.2. The molecule has 0 bridgehead atoms. The smallest absolute Gasteiger partial charge is 0.255 e. The second kappa shape index (κ2) is 11.2. The van der Waals surface area contributed by atoms with E-state index in [1.807, 2.05) is 27.0 Å². The highest BCUT2D eigenvalue weighted by Gasteiger charge is 2.26. The molecule has 1 aromatic carbocycles. The van der Waals surface area contributed by atoms with Gasteiger partial charge in [0, 0.05) is 13.2 Å². The summed E-state index contributed by atoms with van der Waals surface area (Å²) in [7, 11) is 3.17. The monoisotopic (exact) mass is 396 g/mol. The molecule has 0 aliphatic rings. The predicted octanol–water partition coefficient (Wildman–Crippen LogP) is 2.87. The molecule has 0 fully saturated rings. The summed E-state index contributed by atoms with van der Waals surface area (Å²) in [6, 6.07) is 6.29. The van der Waals surface area contributed by atoms with Crippen LogP contribution in [-0.4, -0.2) is 55.7 Å². The van der Waals surface area contributed by atoms with Crippen LogP contribution in [0.2, 0.25) is 0 Å². The van der Waals surface area contributed by atoms with Gasteiger partial charge >= 0.3 is 0 Å². The molecule has 152 valence electrons. The van der Waals surface area contributed by atoms with E-state index in [4.69, 9.17) is 9.47 Å². The number of thioether (sulfide) groups is 1. The van der Waals surface area contributed by atoms with Gasteiger partial charge in [0.1, 0.15) is 11.8 Å². The number of carbonyl (C=O) groups is 2. The molecule has 1 rings (SSSR count). The van der Waals surface area contributed by atoms with Crippen molar-refractivity contribution in [3.8, 4) is 5.75 Å². The van der Waals surface area contributed by atoms with Gasteiger partial charge in [0.2, 0.25) is 5.91 Å². The molecule has 1 aromatic rings. The molecule has 0 saturated heterocycles. The first kappa shape index (κ1) is 23.3. The van der Waals surface area contributed by atoms with E-state index in [0.29, 0.717) is 24.2 Å². The zero-order valence-corrected chi connectivity index (χ0v) is 17.9. The Labute approximate surface area is 166 Å². The van der Waals surface area contributed by atoms with Crippen molar-refractivity contribution in [1.29, 1.82) is 0 Å². The second-order valence-electron chi connectivity index (χ2n) is 7.09. The Kier molecular flexibility index (Phi) is 9.66. The Balaban J connectivity index is 2.82. The Morgan fingerprint density at radius 3 is 2.44 bits per heavy atom. The molecular weight excluding hydrogens is 364 g/mol. The summed E-state index contributed by atoms with van der Waals surface area (Å²) >= 11 is 1.63. The number of carbonyl (C=O) groups excluding carboxylic acids is 2. The Hall–Kier alpha value is -1.73. The largest absolute Gasteiger partial charge is 0.496 e. The minimum absolute atomic E-state index is 0.0765. The maximum absolute atomic E-state index is 12.7. The molecule has 7 heteroatoms. The number of para-hydroxylation sites is 1. The molecule has 0 radical (unpaired) electrons. The van der Waals surface area contributed by atoms with E-state index in [1.54, 1.807) is 43.1 Å². The molecule has 0 aliphatic carbocycles. The maximum atomic E-state index is 12.7. The number of benzene rings is 1. The van der Waals surface area contributed by atoms with E-state index in [0.717, 1.165) is 5.75 Å². The highest BCUT2D eigenvalue weighted by molar-refractivity contribution is 7.98. The van der Waals surface area contributed by atoms with Crippen LogP contribution in [0.25, 0.3) is 0 Å². The van der Waals surface area contributed by atoms with Crippen LogP contribution < -0.4 is 15.4 Å². The van der Waals surface area contributed by atoms with Crippen molar-refractivity contribution in [3.05, 3.63) is 29.8 Å². The van der Waals surface area contributed by atoms with Gasteiger partial charge in [0.25, 0.3) is 5.91 Å². The van der Waals surface area contributed by atoms with Gasteiger partial charge < -0.3 is 20.1 Å². The van der Waals surface area contributed by atoms with Crippen LogP contribution in [0.3, 0.4) is 0 Å². The summed E-state index contributed by atoms with van der Waals surface area (Å²) in [5.41, 5.74) is 0.0813. The minimum Gasteiger partial charge on any atom is -0.496 e. The first-order valence-electron chi connectivity index (χ1n) is 9.02. The van der Waals surface area contributed by atoms with Crippen molar-refractivity contribution in [2.75, 3.05) is 26.2 Å². The number of nitrogens with one attached hydrogen (secondary N) is 2. The molecule has 27 heavy (non-hydrogen) atoms. The van der Waals surface area contributed by atoms with Crippen LogP contribution in [-0.2, 0) is 9.53 Å². The van der Waals surface area contributed by atoms with Crippen molar-refractivity contribution in [3.63, 3.8) is 0 Å². The molecule has 0 heterocycles. The van der Waals surface area contributed by atoms with Crippen molar-refractivity contribution >= 4 is 23.6 Å². The van der Waals surface area contributed by atoms with Crippen molar-refractivity contribution < 1.29 is 19.1 Å². The van der Waals surface area contributed by atoms with E-state index in [1.165, 1.54) is 7.11 Å². The normalized spacial score (nSPS) is 13.6. The lowest BCUT2D eigenvalue weighted by molar-refractivity contribution is -0.124. The van der Waals surface area contributed by atoms with Gasteiger partial charge in [-0.05, 0) is 57.8 Å². The molecule has 0 spiro atoms. The molecule has 0 saturated carbocycles. The Bertz CT molecular complexity index is 622. The standard InChI is InChI=1S/C20H32N2O4S/c1-14(13-20(2,3)26-5)21-19(24)16(11-12-27-6)22-18(23)15-9-7-8-10-17(15)25-4/h7-10,14,16H,11-13H2,1-6H3,(H,21,24)(H,22,23)/t14-,16-/m1/s1. The van der Waals surface area contributed by atoms with E-state index in [-0.39, 0.29) is 23.5 Å². The van der Waals surface area contributed by atoms with Crippen LogP contribution >= 0.6 is 11.8 Å². The molecule has 6 nitrogen and oxygen atoms in total. The van der Waals surface area contributed by atoms with E-state index < -0.39 is 6.04 Å².